The number of H-pyrrole nitrogens is 1. The SMILES string of the molecule is Fc1cc2[nH]c(=S)n(C3C4C5CCC(C5)C43)c2cc1Cl. The molecule has 3 saturated carbocycles. The Morgan fingerprint density at radius 3 is 2.65 bits per heavy atom. The van der Waals surface area contributed by atoms with Gasteiger partial charge >= 0.3 is 0 Å². The zero-order valence-electron chi connectivity index (χ0n) is 10.8. The minimum absolute atomic E-state index is 0.175. The molecule has 3 aliphatic rings. The summed E-state index contributed by atoms with van der Waals surface area (Å²) in [5, 5.41) is 0.175. The number of fused-ring (bicyclic) bond motifs is 6. The van der Waals surface area contributed by atoms with E-state index >= 15 is 0 Å². The highest BCUT2D eigenvalue weighted by atomic mass is 35.5. The van der Waals surface area contributed by atoms with E-state index in [1.165, 1.54) is 25.3 Å². The monoisotopic (exact) mass is 308 g/mol. The minimum atomic E-state index is -0.390. The molecule has 0 radical (unpaired) electrons. The van der Waals surface area contributed by atoms with Gasteiger partial charge in [-0.1, -0.05) is 11.6 Å². The molecule has 0 amide bonds. The largest absolute Gasteiger partial charge is 0.330 e. The Labute approximate surface area is 125 Å². The van der Waals surface area contributed by atoms with Gasteiger partial charge in [0.05, 0.1) is 16.1 Å². The second kappa shape index (κ2) is 3.66. The van der Waals surface area contributed by atoms with Gasteiger partial charge in [-0.2, -0.15) is 0 Å². The molecule has 2 aromatic rings. The summed E-state index contributed by atoms with van der Waals surface area (Å²) in [4.78, 5) is 3.13. The van der Waals surface area contributed by atoms with Crippen LogP contribution in [-0.4, -0.2) is 9.55 Å². The van der Waals surface area contributed by atoms with Crippen molar-refractivity contribution in [1.29, 1.82) is 0 Å². The molecule has 2 nitrogen and oxygen atoms in total. The zero-order chi connectivity index (χ0) is 13.6. The molecule has 1 aromatic heterocycles. The summed E-state index contributed by atoms with van der Waals surface area (Å²) in [6.45, 7) is 0. The number of nitrogens with zero attached hydrogens (tertiary/aromatic N) is 1. The Balaban J connectivity index is 1.69. The van der Waals surface area contributed by atoms with Gasteiger partial charge < -0.3 is 9.55 Å². The lowest BCUT2D eigenvalue weighted by Gasteiger charge is -2.11. The smallest absolute Gasteiger partial charge is 0.178 e. The van der Waals surface area contributed by atoms with Crippen molar-refractivity contribution in [2.75, 3.05) is 0 Å². The fraction of sp³-hybridized carbons (Fsp3) is 0.533. The van der Waals surface area contributed by atoms with Gasteiger partial charge in [-0.15, -0.1) is 0 Å². The molecule has 0 spiro atoms. The molecule has 0 aliphatic heterocycles. The first-order valence-electron chi connectivity index (χ1n) is 7.24. The number of nitrogens with one attached hydrogen (secondary N) is 1. The van der Waals surface area contributed by atoms with E-state index in [-0.39, 0.29) is 5.02 Å². The van der Waals surface area contributed by atoms with Crippen molar-refractivity contribution in [2.24, 2.45) is 23.7 Å². The van der Waals surface area contributed by atoms with Gasteiger partial charge in [0, 0.05) is 12.1 Å². The zero-order valence-corrected chi connectivity index (χ0v) is 12.3. The van der Waals surface area contributed by atoms with Gasteiger partial charge in [0.1, 0.15) is 5.82 Å². The molecule has 0 saturated heterocycles. The molecule has 4 unspecified atom stereocenters. The fourth-order valence-electron chi connectivity index (χ4n) is 5.04. The van der Waals surface area contributed by atoms with Crippen LogP contribution in [-0.2, 0) is 0 Å². The Kier molecular flexibility index (Phi) is 2.15. The van der Waals surface area contributed by atoms with Gasteiger partial charge in [0.15, 0.2) is 4.77 Å². The molecule has 3 aliphatic carbocycles. The van der Waals surface area contributed by atoms with Gasteiger partial charge in [0.25, 0.3) is 0 Å². The average molecular weight is 309 g/mol. The molecule has 5 rings (SSSR count). The lowest BCUT2D eigenvalue weighted by Crippen LogP contribution is -2.05. The highest BCUT2D eigenvalue weighted by Gasteiger charge is 2.66. The minimum Gasteiger partial charge on any atom is -0.330 e. The first-order chi connectivity index (χ1) is 9.65. The molecule has 2 bridgehead atoms. The van der Waals surface area contributed by atoms with E-state index < -0.39 is 5.82 Å². The van der Waals surface area contributed by atoms with Crippen molar-refractivity contribution in [1.82, 2.24) is 9.55 Å². The third kappa shape index (κ3) is 1.32. The van der Waals surface area contributed by atoms with Crippen molar-refractivity contribution >= 4 is 34.9 Å². The lowest BCUT2D eigenvalue weighted by molar-refractivity contribution is 0.456. The van der Waals surface area contributed by atoms with Gasteiger partial charge in [-0.25, -0.2) is 4.39 Å². The van der Waals surface area contributed by atoms with Gasteiger partial charge in [-0.3, -0.25) is 0 Å². The van der Waals surface area contributed by atoms with Gasteiger partial charge in [0.2, 0.25) is 0 Å². The number of hydrogen-bond donors (Lipinski definition) is 1. The summed E-state index contributed by atoms with van der Waals surface area (Å²) in [5.74, 6) is 2.97. The summed E-state index contributed by atoms with van der Waals surface area (Å²) in [6.07, 6.45) is 4.18. The number of rotatable bonds is 1. The highest BCUT2D eigenvalue weighted by Crippen LogP contribution is 2.71. The summed E-state index contributed by atoms with van der Waals surface area (Å²) in [7, 11) is 0. The molecule has 5 heteroatoms. The molecule has 1 aromatic carbocycles. The summed E-state index contributed by atoms with van der Waals surface area (Å²) in [5.41, 5.74) is 1.72. The van der Waals surface area contributed by atoms with E-state index in [1.807, 2.05) is 0 Å². The molecule has 1 heterocycles. The quantitative estimate of drug-likeness (QED) is 0.757. The van der Waals surface area contributed by atoms with E-state index in [0.29, 0.717) is 10.8 Å². The number of halogens is 2. The topological polar surface area (TPSA) is 20.7 Å². The maximum absolute atomic E-state index is 13.6. The Bertz CT molecular complexity index is 779. The van der Waals surface area contributed by atoms with Crippen LogP contribution in [0.5, 0.6) is 0 Å². The summed E-state index contributed by atoms with van der Waals surface area (Å²) in [6, 6.07) is 3.69. The van der Waals surface area contributed by atoms with Crippen LogP contribution in [0.2, 0.25) is 5.02 Å². The molecule has 104 valence electrons. The normalized spacial score (nSPS) is 37.6. The average Bonchev–Trinajstić information content (AvgIpc) is 2.73. The van der Waals surface area contributed by atoms with Crippen LogP contribution in [0.1, 0.15) is 25.3 Å². The maximum Gasteiger partial charge on any atom is 0.178 e. The van der Waals surface area contributed by atoms with Crippen LogP contribution in [0.4, 0.5) is 4.39 Å². The van der Waals surface area contributed by atoms with Crippen molar-refractivity contribution in [3.63, 3.8) is 0 Å². The predicted molar refractivity (Wildman–Crippen MR) is 78.9 cm³/mol. The molecular formula is C15H14ClFN2S. The molecule has 20 heavy (non-hydrogen) atoms. The van der Waals surface area contributed by atoms with E-state index in [0.717, 1.165) is 34.7 Å². The van der Waals surface area contributed by atoms with Gasteiger partial charge in [-0.05, 0) is 61.2 Å². The Morgan fingerprint density at radius 2 is 1.95 bits per heavy atom. The molecular weight excluding hydrogens is 295 g/mol. The van der Waals surface area contributed by atoms with Crippen LogP contribution in [0.25, 0.3) is 11.0 Å². The fourth-order valence-corrected chi connectivity index (χ4v) is 5.53. The third-order valence-corrected chi connectivity index (χ3v) is 6.34. The van der Waals surface area contributed by atoms with E-state index in [9.17, 15) is 4.39 Å². The number of hydrogen-bond acceptors (Lipinski definition) is 1. The van der Waals surface area contributed by atoms with Crippen LogP contribution in [0.3, 0.4) is 0 Å². The lowest BCUT2D eigenvalue weighted by atomic mass is 10.0. The highest BCUT2D eigenvalue weighted by molar-refractivity contribution is 7.71. The van der Waals surface area contributed by atoms with Crippen LogP contribution in [0.15, 0.2) is 12.1 Å². The maximum atomic E-state index is 13.6. The molecule has 4 atom stereocenters. The van der Waals surface area contributed by atoms with Crippen molar-refractivity contribution in [2.45, 2.75) is 25.3 Å². The van der Waals surface area contributed by atoms with E-state index in [4.69, 9.17) is 23.8 Å². The summed E-state index contributed by atoms with van der Waals surface area (Å²) >= 11 is 11.4. The van der Waals surface area contributed by atoms with Crippen LogP contribution < -0.4 is 0 Å². The van der Waals surface area contributed by atoms with Crippen LogP contribution >= 0.6 is 23.8 Å². The number of aromatic nitrogens is 2. The third-order valence-electron chi connectivity index (χ3n) is 5.75. The number of imidazole rings is 1. The second-order valence-corrected chi connectivity index (χ2v) is 7.36. The van der Waals surface area contributed by atoms with Crippen LogP contribution in [0, 0.1) is 34.3 Å². The van der Waals surface area contributed by atoms with Crippen molar-refractivity contribution in [3.8, 4) is 0 Å². The molecule has 1 N–H and O–H groups in total. The van der Waals surface area contributed by atoms with Crippen molar-refractivity contribution in [3.05, 3.63) is 27.7 Å². The summed E-state index contributed by atoms with van der Waals surface area (Å²) < 4.78 is 16.5. The standard InChI is InChI=1S/C15H14ClFN2S/c16-8-4-11-10(5-9(8)17)18-15(20)19(11)14-12-6-1-2-7(3-6)13(12)14/h4-7,12-14H,1-3H2,(H,18,20). The number of benzene rings is 1. The van der Waals surface area contributed by atoms with E-state index in [1.54, 1.807) is 6.07 Å². The molecule has 3 fully saturated rings. The van der Waals surface area contributed by atoms with E-state index in [2.05, 4.69) is 9.55 Å². The Morgan fingerprint density at radius 1 is 1.25 bits per heavy atom. The van der Waals surface area contributed by atoms with Crippen molar-refractivity contribution < 1.29 is 4.39 Å². The first kappa shape index (κ1) is 11.8. The first-order valence-corrected chi connectivity index (χ1v) is 8.03. The second-order valence-electron chi connectivity index (χ2n) is 6.56. The Hall–Kier alpha value is -0.870. The predicted octanol–water partition coefficient (Wildman–Crippen LogP) is 4.71. The number of aromatic amines is 1.